The number of carboxylic acids is 1. The smallest absolute Gasteiger partial charge is 0.317 e. The molecule has 1 fully saturated rings. The monoisotopic (exact) mass is 288 g/mol. The summed E-state index contributed by atoms with van der Waals surface area (Å²) < 4.78 is 0. The number of hydrogen-bond donors (Lipinski definition) is 1. The van der Waals surface area contributed by atoms with Gasteiger partial charge in [0.2, 0.25) is 0 Å². The second-order valence-electron chi connectivity index (χ2n) is 7.38. The van der Waals surface area contributed by atoms with Crippen molar-refractivity contribution in [2.75, 3.05) is 0 Å². The number of aliphatic carboxylic acids is 1. The highest BCUT2D eigenvalue weighted by molar-refractivity contribution is 6.05. The van der Waals surface area contributed by atoms with E-state index in [9.17, 15) is 14.7 Å². The number of carbonyl (C=O) groups is 2. The molecular weight excluding hydrogens is 264 g/mol. The molecule has 1 aromatic rings. The van der Waals surface area contributed by atoms with Gasteiger partial charge in [-0.15, -0.1) is 0 Å². The summed E-state index contributed by atoms with van der Waals surface area (Å²) >= 11 is 0. The molecule has 0 heterocycles. The van der Waals surface area contributed by atoms with Gasteiger partial charge in [-0.25, -0.2) is 0 Å². The lowest BCUT2D eigenvalue weighted by molar-refractivity contribution is -0.170. The van der Waals surface area contributed by atoms with Gasteiger partial charge in [-0.05, 0) is 55.7 Å². The quantitative estimate of drug-likeness (QED) is 0.861. The lowest BCUT2D eigenvalue weighted by atomic mass is 9.52. The summed E-state index contributed by atoms with van der Waals surface area (Å²) in [7, 11) is 0. The first-order valence-corrected chi connectivity index (χ1v) is 7.41. The molecule has 1 aliphatic rings. The van der Waals surface area contributed by atoms with Crippen LogP contribution in [0, 0.1) is 31.6 Å². The first-order valence-electron chi connectivity index (χ1n) is 7.41. The molecular formula is C18H24O3. The van der Waals surface area contributed by atoms with Gasteiger partial charge in [0.1, 0.15) is 5.41 Å². The van der Waals surface area contributed by atoms with Gasteiger partial charge in [0.05, 0.1) is 0 Å². The lowest BCUT2D eigenvalue weighted by Gasteiger charge is -2.49. The second kappa shape index (κ2) is 4.97. The maximum atomic E-state index is 12.7. The van der Waals surface area contributed by atoms with Crippen molar-refractivity contribution in [1.82, 2.24) is 0 Å². The van der Waals surface area contributed by atoms with Gasteiger partial charge in [-0.3, -0.25) is 9.59 Å². The molecule has 0 atom stereocenters. The van der Waals surface area contributed by atoms with Gasteiger partial charge in [-0.2, -0.15) is 0 Å². The van der Waals surface area contributed by atoms with Crippen LogP contribution in [0.25, 0.3) is 0 Å². The van der Waals surface area contributed by atoms with Crippen LogP contribution in [-0.4, -0.2) is 16.9 Å². The van der Waals surface area contributed by atoms with Gasteiger partial charge < -0.3 is 5.11 Å². The molecule has 1 aromatic carbocycles. The van der Waals surface area contributed by atoms with Crippen molar-refractivity contribution in [2.24, 2.45) is 10.8 Å². The maximum Gasteiger partial charge on any atom is 0.317 e. The van der Waals surface area contributed by atoms with Gasteiger partial charge >= 0.3 is 5.97 Å². The molecule has 0 spiro atoms. The molecule has 114 valence electrons. The van der Waals surface area contributed by atoms with Crippen LogP contribution in [0.4, 0.5) is 0 Å². The summed E-state index contributed by atoms with van der Waals surface area (Å²) in [6.07, 6.45) is 1.11. The molecule has 21 heavy (non-hydrogen) atoms. The van der Waals surface area contributed by atoms with Crippen molar-refractivity contribution in [1.29, 1.82) is 0 Å². The van der Waals surface area contributed by atoms with E-state index in [1.807, 2.05) is 46.8 Å². The number of benzene rings is 1. The van der Waals surface area contributed by atoms with E-state index in [0.717, 1.165) is 16.7 Å². The Hall–Kier alpha value is -1.64. The zero-order valence-corrected chi connectivity index (χ0v) is 13.5. The lowest BCUT2D eigenvalue weighted by Crippen LogP contribution is -2.54. The SMILES string of the molecule is Cc1cc(C)c(CC(=O)C2(C(=O)O)CC(C)(C)C2)c(C)c1. The number of Topliss-reactive ketones (excluding diaryl/α,β-unsaturated/α-hetero) is 1. The number of carboxylic acid groups (broad SMARTS) is 1. The Morgan fingerprint density at radius 3 is 1.95 bits per heavy atom. The molecule has 1 N–H and O–H groups in total. The first kappa shape index (κ1) is 15.7. The average molecular weight is 288 g/mol. The molecule has 2 rings (SSSR count). The van der Waals surface area contributed by atoms with E-state index >= 15 is 0 Å². The molecule has 3 nitrogen and oxygen atoms in total. The molecule has 1 saturated carbocycles. The van der Waals surface area contributed by atoms with E-state index in [4.69, 9.17) is 0 Å². The Bertz CT molecular complexity index is 580. The molecule has 1 aliphatic carbocycles. The fraction of sp³-hybridized carbons (Fsp3) is 0.556. The van der Waals surface area contributed by atoms with Gasteiger partial charge in [0, 0.05) is 6.42 Å². The third-order valence-corrected chi connectivity index (χ3v) is 4.68. The van der Waals surface area contributed by atoms with Crippen LogP contribution in [0.2, 0.25) is 0 Å². The van der Waals surface area contributed by atoms with Crippen molar-refractivity contribution < 1.29 is 14.7 Å². The second-order valence-corrected chi connectivity index (χ2v) is 7.38. The molecule has 0 unspecified atom stereocenters. The molecule has 0 radical (unpaired) electrons. The average Bonchev–Trinajstić information content (AvgIpc) is 2.29. The Morgan fingerprint density at radius 2 is 1.57 bits per heavy atom. The summed E-state index contributed by atoms with van der Waals surface area (Å²) in [6.45, 7) is 10.0. The molecule has 0 amide bonds. The van der Waals surface area contributed by atoms with E-state index in [1.54, 1.807) is 0 Å². The maximum absolute atomic E-state index is 12.7. The fourth-order valence-electron chi connectivity index (χ4n) is 3.87. The van der Waals surface area contributed by atoms with Gasteiger partial charge in [0.15, 0.2) is 5.78 Å². The first-order chi connectivity index (χ1) is 9.57. The predicted molar refractivity (Wildman–Crippen MR) is 82.4 cm³/mol. The Labute approximate surface area is 126 Å². The standard InChI is InChI=1S/C18H24O3/c1-11-6-12(2)14(13(3)7-11)8-15(19)18(16(20)21)9-17(4,5)10-18/h6-7H,8-10H2,1-5H3,(H,20,21). The summed E-state index contributed by atoms with van der Waals surface area (Å²) in [5, 5.41) is 9.53. The molecule has 3 heteroatoms. The summed E-state index contributed by atoms with van der Waals surface area (Å²) in [5.74, 6) is -1.11. The zero-order valence-electron chi connectivity index (χ0n) is 13.5. The Kier molecular flexibility index (Phi) is 3.73. The van der Waals surface area contributed by atoms with Crippen LogP contribution < -0.4 is 0 Å². The highest BCUT2D eigenvalue weighted by Crippen LogP contribution is 2.55. The van der Waals surface area contributed by atoms with Gasteiger partial charge in [-0.1, -0.05) is 31.5 Å². The normalized spacial score (nSPS) is 18.9. The zero-order chi connectivity index (χ0) is 16.0. The topological polar surface area (TPSA) is 54.4 Å². The minimum Gasteiger partial charge on any atom is -0.480 e. The fourth-order valence-corrected chi connectivity index (χ4v) is 3.87. The number of rotatable bonds is 4. The minimum absolute atomic E-state index is 0.0502. The minimum atomic E-state index is -1.17. The van der Waals surface area contributed by atoms with E-state index in [0.29, 0.717) is 12.8 Å². The van der Waals surface area contributed by atoms with E-state index < -0.39 is 11.4 Å². The molecule has 0 saturated heterocycles. The summed E-state index contributed by atoms with van der Waals surface area (Å²) in [6, 6.07) is 4.10. The number of ketones is 1. The number of carbonyl (C=O) groups excluding carboxylic acids is 1. The number of hydrogen-bond acceptors (Lipinski definition) is 2. The summed E-state index contributed by atoms with van der Waals surface area (Å²) in [5.41, 5.74) is 3.06. The third-order valence-electron chi connectivity index (χ3n) is 4.68. The predicted octanol–water partition coefficient (Wildman–Crippen LogP) is 3.61. The molecule has 0 bridgehead atoms. The van der Waals surface area contributed by atoms with Crippen molar-refractivity contribution >= 4 is 11.8 Å². The Balaban J connectivity index is 2.28. The van der Waals surface area contributed by atoms with Crippen molar-refractivity contribution in [2.45, 2.75) is 53.9 Å². The van der Waals surface area contributed by atoms with E-state index in [1.165, 1.54) is 5.56 Å². The van der Waals surface area contributed by atoms with Crippen molar-refractivity contribution in [3.05, 3.63) is 34.4 Å². The summed E-state index contributed by atoms with van der Waals surface area (Å²) in [4.78, 5) is 24.3. The molecule has 0 aliphatic heterocycles. The Morgan fingerprint density at radius 1 is 1.10 bits per heavy atom. The molecule has 0 aromatic heterocycles. The van der Waals surface area contributed by atoms with E-state index in [-0.39, 0.29) is 17.6 Å². The van der Waals surface area contributed by atoms with Crippen molar-refractivity contribution in [3.63, 3.8) is 0 Å². The third kappa shape index (κ3) is 2.74. The van der Waals surface area contributed by atoms with Gasteiger partial charge in [0.25, 0.3) is 0 Å². The van der Waals surface area contributed by atoms with Crippen LogP contribution in [0.3, 0.4) is 0 Å². The highest BCUT2D eigenvalue weighted by Gasteiger charge is 2.59. The number of aryl methyl sites for hydroxylation is 3. The largest absolute Gasteiger partial charge is 0.480 e. The van der Waals surface area contributed by atoms with Crippen LogP contribution in [0.15, 0.2) is 12.1 Å². The van der Waals surface area contributed by atoms with Crippen LogP contribution in [-0.2, 0) is 16.0 Å². The van der Waals surface area contributed by atoms with Crippen LogP contribution in [0.1, 0.15) is 48.9 Å². The van der Waals surface area contributed by atoms with E-state index in [2.05, 4.69) is 0 Å². The highest BCUT2D eigenvalue weighted by atomic mass is 16.4. The van der Waals surface area contributed by atoms with Crippen LogP contribution in [0.5, 0.6) is 0 Å². The van der Waals surface area contributed by atoms with Crippen molar-refractivity contribution in [3.8, 4) is 0 Å². The van der Waals surface area contributed by atoms with Crippen LogP contribution >= 0.6 is 0 Å².